The maximum atomic E-state index is 9.33. The summed E-state index contributed by atoms with van der Waals surface area (Å²) in [5.41, 5.74) is 0.0214. The van der Waals surface area contributed by atoms with E-state index < -0.39 is 11.5 Å². The lowest BCUT2D eigenvalue weighted by molar-refractivity contribution is 0.414. The van der Waals surface area contributed by atoms with Crippen LogP contribution in [0.1, 0.15) is 5.56 Å². The van der Waals surface area contributed by atoms with Crippen molar-refractivity contribution in [2.24, 2.45) is 5.92 Å². The molecule has 0 N–H and O–H groups in total. The van der Waals surface area contributed by atoms with Crippen molar-refractivity contribution in [3.63, 3.8) is 0 Å². The fraction of sp³-hybridized carbons (Fsp3) is 0.105. The highest BCUT2D eigenvalue weighted by Gasteiger charge is 2.22. The SMILES string of the molecule is COc1ccccc1/C=C/C=C(\C#N)C(=C(C#N)C#N)C(C#N)C#N. The van der Waals surface area contributed by atoms with Crippen LogP contribution in [0.25, 0.3) is 6.08 Å². The predicted molar refractivity (Wildman–Crippen MR) is 88.7 cm³/mol. The summed E-state index contributed by atoms with van der Waals surface area (Å²) < 4.78 is 5.20. The highest BCUT2D eigenvalue weighted by Crippen LogP contribution is 2.24. The Bertz CT molecular complexity index is 920. The molecule has 6 nitrogen and oxygen atoms in total. The molecular weight excluding hydrogens is 314 g/mol. The van der Waals surface area contributed by atoms with Gasteiger partial charge < -0.3 is 4.74 Å². The van der Waals surface area contributed by atoms with Gasteiger partial charge >= 0.3 is 0 Å². The van der Waals surface area contributed by atoms with Crippen LogP contribution in [0, 0.1) is 62.6 Å². The lowest BCUT2D eigenvalue weighted by Crippen LogP contribution is -2.04. The molecule has 6 heteroatoms. The standard InChI is InChI=1S/C19H11N5O/c1-25-18-8-3-2-5-14(18)6-4-7-15(9-20)19(16(10-21)11-22)17(12-23)13-24/h2-8,16H,1H3/b6-4+,15-7+. The quantitative estimate of drug-likeness (QED) is 0.604. The molecule has 0 fully saturated rings. The second-order valence-electron chi connectivity index (χ2n) is 4.50. The molecule has 0 aromatic heterocycles. The Kier molecular flexibility index (Phi) is 7.24. The molecule has 1 aromatic carbocycles. The number of rotatable bonds is 5. The minimum atomic E-state index is -1.39. The van der Waals surface area contributed by atoms with E-state index >= 15 is 0 Å². The fourth-order valence-corrected chi connectivity index (χ4v) is 1.98. The third kappa shape index (κ3) is 4.58. The highest BCUT2D eigenvalue weighted by molar-refractivity contribution is 5.62. The van der Waals surface area contributed by atoms with E-state index in [1.165, 1.54) is 19.3 Å². The fourth-order valence-electron chi connectivity index (χ4n) is 1.98. The van der Waals surface area contributed by atoms with Crippen molar-refractivity contribution in [2.75, 3.05) is 7.11 Å². The number of benzene rings is 1. The van der Waals surface area contributed by atoms with E-state index in [2.05, 4.69) is 0 Å². The van der Waals surface area contributed by atoms with Gasteiger partial charge in [0.2, 0.25) is 0 Å². The molecule has 25 heavy (non-hydrogen) atoms. The second-order valence-corrected chi connectivity index (χ2v) is 4.50. The summed E-state index contributed by atoms with van der Waals surface area (Å²) >= 11 is 0. The van der Waals surface area contributed by atoms with Crippen LogP contribution in [-0.4, -0.2) is 7.11 Å². The van der Waals surface area contributed by atoms with Crippen molar-refractivity contribution < 1.29 is 4.74 Å². The molecule has 0 spiro atoms. The number of ether oxygens (including phenoxy) is 1. The molecule has 0 atom stereocenters. The Labute approximate surface area is 145 Å². The van der Waals surface area contributed by atoms with Gasteiger partial charge in [-0.2, -0.15) is 26.3 Å². The van der Waals surface area contributed by atoms with Crippen molar-refractivity contribution in [3.05, 3.63) is 58.7 Å². The summed E-state index contributed by atoms with van der Waals surface area (Å²) in [5, 5.41) is 45.5. The van der Waals surface area contributed by atoms with Crippen LogP contribution >= 0.6 is 0 Å². The van der Waals surface area contributed by atoms with E-state index in [1.807, 2.05) is 18.2 Å². The molecule has 0 unspecified atom stereocenters. The summed E-state index contributed by atoms with van der Waals surface area (Å²) in [5.74, 6) is -0.761. The third-order valence-electron chi connectivity index (χ3n) is 3.13. The Morgan fingerprint density at radius 3 is 2.16 bits per heavy atom. The molecular formula is C19H11N5O. The maximum Gasteiger partial charge on any atom is 0.161 e. The van der Waals surface area contributed by atoms with E-state index in [-0.39, 0.29) is 11.1 Å². The summed E-state index contributed by atoms with van der Waals surface area (Å²) in [7, 11) is 1.53. The van der Waals surface area contributed by atoms with Crippen molar-refractivity contribution in [3.8, 4) is 36.1 Å². The molecule has 0 aliphatic carbocycles. The van der Waals surface area contributed by atoms with E-state index in [0.29, 0.717) is 5.75 Å². The van der Waals surface area contributed by atoms with Crippen molar-refractivity contribution in [1.29, 1.82) is 26.3 Å². The van der Waals surface area contributed by atoms with E-state index in [0.717, 1.165) is 5.56 Å². The van der Waals surface area contributed by atoms with Crippen molar-refractivity contribution in [1.82, 2.24) is 0 Å². The van der Waals surface area contributed by atoms with Crippen LogP contribution in [0.15, 0.2) is 53.1 Å². The van der Waals surface area contributed by atoms with Crippen LogP contribution < -0.4 is 4.74 Å². The minimum absolute atomic E-state index is 0.0997. The number of hydrogen-bond acceptors (Lipinski definition) is 6. The number of allylic oxidation sites excluding steroid dienone is 5. The van der Waals surface area contributed by atoms with Gasteiger partial charge in [-0.1, -0.05) is 30.4 Å². The normalized spacial score (nSPS) is 10.0. The van der Waals surface area contributed by atoms with Crippen LogP contribution in [0.4, 0.5) is 0 Å². The van der Waals surface area contributed by atoms with Crippen molar-refractivity contribution in [2.45, 2.75) is 0 Å². The molecule has 1 aromatic rings. The first-order valence-electron chi connectivity index (χ1n) is 6.92. The summed E-state index contributed by atoms with van der Waals surface area (Å²) in [4.78, 5) is 0. The molecule has 0 radical (unpaired) electrons. The zero-order chi connectivity index (χ0) is 18.7. The minimum Gasteiger partial charge on any atom is -0.496 e. The van der Waals surface area contributed by atoms with Gasteiger partial charge in [-0.05, 0) is 12.1 Å². The Balaban J connectivity index is 3.40. The molecule has 0 saturated heterocycles. The van der Waals surface area contributed by atoms with Crippen LogP contribution in [0.2, 0.25) is 0 Å². The molecule has 0 saturated carbocycles. The largest absolute Gasteiger partial charge is 0.496 e. The lowest BCUT2D eigenvalue weighted by Gasteiger charge is -2.05. The van der Waals surface area contributed by atoms with Crippen molar-refractivity contribution >= 4 is 6.08 Å². The van der Waals surface area contributed by atoms with Crippen LogP contribution in [-0.2, 0) is 0 Å². The Morgan fingerprint density at radius 1 is 1.00 bits per heavy atom. The molecule has 118 valence electrons. The summed E-state index contributed by atoms with van der Waals surface area (Å²) in [6.45, 7) is 0. The third-order valence-corrected chi connectivity index (χ3v) is 3.13. The molecule has 0 amide bonds. The van der Waals surface area contributed by atoms with Crippen LogP contribution in [0.3, 0.4) is 0 Å². The number of methoxy groups -OCH3 is 1. The van der Waals surface area contributed by atoms with Gasteiger partial charge in [0.1, 0.15) is 23.5 Å². The van der Waals surface area contributed by atoms with E-state index in [4.69, 9.17) is 25.8 Å². The zero-order valence-corrected chi connectivity index (χ0v) is 13.3. The molecule has 0 aliphatic heterocycles. The monoisotopic (exact) mass is 325 g/mol. The van der Waals surface area contributed by atoms with Gasteiger partial charge in [-0.25, -0.2) is 0 Å². The first kappa shape index (κ1) is 18.7. The molecule has 1 rings (SSSR count). The maximum absolute atomic E-state index is 9.33. The summed E-state index contributed by atoms with van der Waals surface area (Å²) in [6.07, 6.45) is 4.53. The Morgan fingerprint density at radius 2 is 1.64 bits per heavy atom. The van der Waals surface area contributed by atoms with E-state index in [1.54, 1.807) is 42.5 Å². The van der Waals surface area contributed by atoms with Gasteiger partial charge in [0.05, 0.1) is 30.9 Å². The second kappa shape index (κ2) is 9.66. The highest BCUT2D eigenvalue weighted by atomic mass is 16.5. The topological polar surface area (TPSA) is 128 Å². The average Bonchev–Trinajstić information content (AvgIpc) is 2.66. The van der Waals surface area contributed by atoms with E-state index in [9.17, 15) is 5.26 Å². The number of nitrogens with zero attached hydrogens (tertiary/aromatic N) is 5. The first-order chi connectivity index (χ1) is 12.2. The lowest BCUT2D eigenvalue weighted by atomic mass is 9.90. The van der Waals surface area contributed by atoms with Gasteiger partial charge in [0.15, 0.2) is 5.92 Å². The van der Waals surface area contributed by atoms with Gasteiger partial charge in [0, 0.05) is 11.1 Å². The number of para-hydroxylation sites is 1. The number of nitriles is 5. The number of hydrogen-bond donors (Lipinski definition) is 0. The molecule has 0 aliphatic rings. The smallest absolute Gasteiger partial charge is 0.161 e. The predicted octanol–water partition coefficient (Wildman–Crippen LogP) is 3.17. The van der Waals surface area contributed by atoms with Gasteiger partial charge in [-0.3, -0.25) is 0 Å². The van der Waals surface area contributed by atoms with Gasteiger partial charge in [-0.15, -0.1) is 0 Å². The summed E-state index contributed by atoms with van der Waals surface area (Å²) in [6, 6.07) is 15.6. The Hall–Kier alpha value is -4.31. The zero-order valence-electron chi connectivity index (χ0n) is 13.3. The molecule has 0 heterocycles. The first-order valence-corrected chi connectivity index (χ1v) is 6.92. The average molecular weight is 325 g/mol. The van der Waals surface area contributed by atoms with Crippen LogP contribution in [0.5, 0.6) is 5.75 Å². The van der Waals surface area contributed by atoms with Gasteiger partial charge in [0.25, 0.3) is 0 Å². The molecule has 0 bridgehead atoms.